The van der Waals surface area contributed by atoms with Crippen molar-refractivity contribution in [3.63, 3.8) is 0 Å². The van der Waals surface area contributed by atoms with Gasteiger partial charge in [0.25, 0.3) is 0 Å². The average molecular weight is 385 g/mol. The number of H-pyrrole nitrogens is 1. The number of aromatic amines is 1. The molecule has 29 heavy (non-hydrogen) atoms. The lowest BCUT2D eigenvalue weighted by atomic mass is 9.97. The molecule has 1 heterocycles. The molecule has 146 valence electrons. The number of amides is 1. The lowest BCUT2D eigenvalue weighted by molar-refractivity contribution is -0.122. The highest BCUT2D eigenvalue weighted by Crippen LogP contribution is 2.25. The van der Waals surface area contributed by atoms with Gasteiger partial charge >= 0.3 is 0 Å². The number of hydrogen-bond acceptors (Lipinski definition) is 3. The number of para-hydroxylation sites is 1. The molecule has 0 radical (unpaired) electrons. The predicted octanol–water partition coefficient (Wildman–Crippen LogP) is 4.89. The summed E-state index contributed by atoms with van der Waals surface area (Å²) >= 11 is 0. The lowest BCUT2D eigenvalue weighted by Crippen LogP contribution is -2.23. The standard InChI is InChI=1S/C24H23N3O2/c1-15(17-8-9-19-13-20(29-3)11-10-18(19)12-17)24(28)27-25-14-22-16(2)26-23-7-5-4-6-21(22)23/h4-15,26H,1-3H3,(H,27,28). The minimum Gasteiger partial charge on any atom is -0.497 e. The molecule has 0 spiro atoms. The number of aryl methyl sites for hydroxylation is 1. The van der Waals surface area contributed by atoms with Crippen LogP contribution in [-0.2, 0) is 4.79 Å². The largest absolute Gasteiger partial charge is 0.497 e. The number of fused-ring (bicyclic) bond motifs is 2. The van der Waals surface area contributed by atoms with Crippen LogP contribution in [0.15, 0.2) is 65.8 Å². The molecule has 3 aromatic carbocycles. The molecule has 0 aliphatic carbocycles. The maximum atomic E-state index is 12.6. The molecule has 1 amide bonds. The second-order valence-electron chi connectivity index (χ2n) is 7.14. The molecule has 0 saturated heterocycles. The summed E-state index contributed by atoms with van der Waals surface area (Å²) in [5.41, 5.74) is 6.67. The van der Waals surface area contributed by atoms with Gasteiger partial charge in [0.1, 0.15) is 5.75 Å². The number of hydrazone groups is 1. The van der Waals surface area contributed by atoms with E-state index < -0.39 is 0 Å². The SMILES string of the molecule is COc1ccc2cc(C(C)C(=O)NN=Cc3c(C)[nH]c4ccccc34)ccc2c1. The van der Waals surface area contributed by atoms with Gasteiger partial charge in [-0.15, -0.1) is 0 Å². The van der Waals surface area contributed by atoms with Gasteiger partial charge < -0.3 is 9.72 Å². The van der Waals surface area contributed by atoms with Crippen molar-refractivity contribution >= 4 is 33.8 Å². The van der Waals surface area contributed by atoms with E-state index in [1.165, 1.54) is 0 Å². The zero-order valence-electron chi connectivity index (χ0n) is 16.7. The number of ether oxygens (including phenoxy) is 1. The summed E-state index contributed by atoms with van der Waals surface area (Å²) in [5.74, 6) is 0.354. The van der Waals surface area contributed by atoms with E-state index in [0.717, 1.165) is 44.2 Å². The first-order valence-corrected chi connectivity index (χ1v) is 9.55. The van der Waals surface area contributed by atoms with Crippen molar-refractivity contribution in [3.8, 4) is 5.75 Å². The Balaban J connectivity index is 1.50. The Hall–Kier alpha value is -3.60. The number of aromatic nitrogens is 1. The van der Waals surface area contributed by atoms with Gasteiger partial charge in [-0.1, -0.05) is 42.5 Å². The quantitative estimate of drug-likeness (QED) is 0.379. The third-order valence-corrected chi connectivity index (χ3v) is 5.28. The maximum absolute atomic E-state index is 12.6. The monoisotopic (exact) mass is 385 g/mol. The molecule has 1 unspecified atom stereocenters. The molecule has 2 N–H and O–H groups in total. The molecule has 1 aromatic heterocycles. The third-order valence-electron chi connectivity index (χ3n) is 5.28. The van der Waals surface area contributed by atoms with Crippen molar-refractivity contribution < 1.29 is 9.53 Å². The van der Waals surface area contributed by atoms with E-state index in [4.69, 9.17) is 4.74 Å². The van der Waals surface area contributed by atoms with Crippen LogP contribution in [-0.4, -0.2) is 24.2 Å². The van der Waals surface area contributed by atoms with Crippen molar-refractivity contribution in [2.45, 2.75) is 19.8 Å². The number of nitrogens with one attached hydrogen (secondary N) is 2. The van der Waals surface area contributed by atoms with Crippen molar-refractivity contribution in [2.75, 3.05) is 7.11 Å². The minimum absolute atomic E-state index is 0.147. The average Bonchev–Trinajstić information content (AvgIpc) is 3.07. The van der Waals surface area contributed by atoms with Gasteiger partial charge in [0.05, 0.1) is 19.2 Å². The van der Waals surface area contributed by atoms with Crippen LogP contribution in [0.5, 0.6) is 5.75 Å². The number of benzene rings is 3. The Morgan fingerprint density at radius 3 is 2.69 bits per heavy atom. The van der Waals surface area contributed by atoms with Crippen LogP contribution in [0.3, 0.4) is 0 Å². The Labute approximate surface area is 169 Å². The second kappa shape index (κ2) is 7.80. The van der Waals surface area contributed by atoms with Gasteiger partial charge in [-0.3, -0.25) is 4.79 Å². The summed E-state index contributed by atoms with van der Waals surface area (Å²) in [6, 6.07) is 20.0. The van der Waals surface area contributed by atoms with E-state index in [9.17, 15) is 4.79 Å². The Kier molecular flexibility index (Phi) is 5.04. The molecule has 0 fully saturated rings. The molecule has 0 aliphatic rings. The van der Waals surface area contributed by atoms with E-state index in [0.29, 0.717) is 0 Å². The van der Waals surface area contributed by atoms with Gasteiger partial charge in [-0.2, -0.15) is 5.10 Å². The highest BCUT2D eigenvalue weighted by Gasteiger charge is 2.15. The number of carbonyl (C=O) groups is 1. The smallest absolute Gasteiger partial charge is 0.247 e. The molecular formula is C24H23N3O2. The minimum atomic E-state index is -0.317. The maximum Gasteiger partial charge on any atom is 0.247 e. The van der Waals surface area contributed by atoms with Crippen molar-refractivity contribution in [2.24, 2.45) is 5.10 Å². The van der Waals surface area contributed by atoms with Gasteiger partial charge in [0.2, 0.25) is 5.91 Å². The van der Waals surface area contributed by atoms with E-state index in [1.807, 2.05) is 74.5 Å². The molecule has 0 bridgehead atoms. The number of nitrogens with zero attached hydrogens (tertiary/aromatic N) is 1. The molecule has 5 nitrogen and oxygen atoms in total. The van der Waals surface area contributed by atoms with Crippen LogP contribution in [0.2, 0.25) is 0 Å². The lowest BCUT2D eigenvalue weighted by Gasteiger charge is -2.11. The number of methoxy groups -OCH3 is 1. The topological polar surface area (TPSA) is 66.5 Å². The number of hydrogen-bond donors (Lipinski definition) is 2. The zero-order valence-corrected chi connectivity index (χ0v) is 16.7. The van der Waals surface area contributed by atoms with Crippen LogP contribution in [0.25, 0.3) is 21.7 Å². The zero-order chi connectivity index (χ0) is 20.4. The second-order valence-corrected chi connectivity index (χ2v) is 7.14. The van der Waals surface area contributed by atoms with E-state index in [-0.39, 0.29) is 11.8 Å². The van der Waals surface area contributed by atoms with Gasteiger partial charge in [0, 0.05) is 22.2 Å². The van der Waals surface area contributed by atoms with Gasteiger partial charge in [-0.25, -0.2) is 5.43 Å². The first kappa shape index (κ1) is 18.7. The summed E-state index contributed by atoms with van der Waals surface area (Å²) < 4.78 is 5.27. The molecule has 5 heteroatoms. The van der Waals surface area contributed by atoms with Crippen molar-refractivity contribution in [3.05, 3.63) is 77.5 Å². The molecule has 4 aromatic rings. The Morgan fingerprint density at radius 1 is 1.10 bits per heavy atom. The number of rotatable bonds is 5. The van der Waals surface area contributed by atoms with Gasteiger partial charge in [0.15, 0.2) is 0 Å². The first-order valence-electron chi connectivity index (χ1n) is 9.55. The van der Waals surface area contributed by atoms with Crippen LogP contribution >= 0.6 is 0 Å². The van der Waals surface area contributed by atoms with E-state index in [1.54, 1.807) is 13.3 Å². The molecular weight excluding hydrogens is 362 g/mol. The molecule has 4 rings (SSSR count). The van der Waals surface area contributed by atoms with Crippen LogP contribution in [0.4, 0.5) is 0 Å². The normalized spacial score (nSPS) is 12.5. The van der Waals surface area contributed by atoms with Crippen molar-refractivity contribution in [1.29, 1.82) is 0 Å². The summed E-state index contributed by atoms with van der Waals surface area (Å²) in [7, 11) is 1.65. The van der Waals surface area contributed by atoms with Crippen LogP contribution in [0, 0.1) is 6.92 Å². The highest BCUT2D eigenvalue weighted by atomic mass is 16.5. The Bertz CT molecular complexity index is 1220. The number of carbonyl (C=O) groups excluding carboxylic acids is 1. The fourth-order valence-electron chi connectivity index (χ4n) is 3.51. The summed E-state index contributed by atoms with van der Waals surface area (Å²) in [5, 5.41) is 7.43. The fourth-order valence-corrected chi connectivity index (χ4v) is 3.51. The third kappa shape index (κ3) is 3.72. The molecule has 1 atom stereocenters. The Morgan fingerprint density at radius 2 is 1.86 bits per heavy atom. The molecule has 0 aliphatic heterocycles. The van der Waals surface area contributed by atoms with Gasteiger partial charge in [-0.05, 0) is 48.4 Å². The molecule has 0 saturated carbocycles. The fraction of sp³-hybridized carbons (Fsp3) is 0.167. The summed E-state index contributed by atoms with van der Waals surface area (Å²) in [6.07, 6.45) is 1.70. The summed E-state index contributed by atoms with van der Waals surface area (Å²) in [4.78, 5) is 15.9. The van der Waals surface area contributed by atoms with Crippen molar-refractivity contribution in [1.82, 2.24) is 10.4 Å². The highest BCUT2D eigenvalue weighted by molar-refractivity contribution is 6.01. The summed E-state index contributed by atoms with van der Waals surface area (Å²) in [6.45, 7) is 3.88. The van der Waals surface area contributed by atoms with Crippen LogP contribution in [0.1, 0.15) is 29.7 Å². The van der Waals surface area contributed by atoms with Crippen LogP contribution < -0.4 is 10.2 Å². The van der Waals surface area contributed by atoms with E-state index >= 15 is 0 Å². The predicted molar refractivity (Wildman–Crippen MR) is 118 cm³/mol. The van der Waals surface area contributed by atoms with E-state index in [2.05, 4.69) is 15.5 Å². The first-order chi connectivity index (χ1) is 14.1.